The van der Waals surface area contributed by atoms with E-state index in [-0.39, 0.29) is 24.8 Å². The van der Waals surface area contributed by atoms with E-state index in [1.807, 2.05) is 6.07 Å². The highest BCUT2D eigenvalue weighted by atomic mass is 35.5. The summed E-state index contributed by atoms with van der Waals surface area (Å²) in [6.07, 6.45) is -0.0311. The van der Waals surface area contributed by atoms with Crippen LogP contribution in [0.5, 0.6) is 11.5 Å². The monoisotopic (exact) mass is 527 g/mol. The second-order valence-corrected chi connectivity index (χ2v) is 9.40. The standard InChI is InChI=1S/C26H23ClFN3O4S/c1-34-21-12-7-16(13-22(21)35-2)15-31-24(32)14-23(25(33)30-20-6-4-3-5-19(20)27)36-26(31)29-18-10-8-17(28)9-11-18/h3-13,23H,14-15H2,1-2H3,(H,30,33). The van der Waals surface area contributed by atoms with Gasteiger partial charge in [-0.15, -0.1) is 0 Å². The van der Waals surface area contributed by atoms with Crippen molar-refractivity contribution in [1.82, 2.24) is 4.90 Å². The lowest BCUT2D eigenvalue weighted by Crippen LogP contribution is -2.44. The second kappa shape index (κ2) is 11.5. The van der Waals surface area contributed by atoms with Crippen LogP contribution in [0.25, 0.3) is 0 Å². The number of methoxy groups -OCH3 is 2. The number of para-hydroxylation sites is 1. The third-order valence-electron chi connectivity index (χ3n) is 5.40. The van der Waals surface area contributed by atoms with E-state index in [4.69, 9.17) is 21.1 Å². The third kappa shape index (κ3) is 5.98. The number of rotatable bonds is 7. The van der Waals surface area contributed by atoms with Gasteiger partial charge in [0.25, 0.3) is 0 Å². The van der Waals surface area contributed by atoms with Crippen LogP contribution < -0.4 is 14.8 Å². The fourth-order valence-corrected chi connectivity index (χ4v) is 4.84. The molecule has 1 aliphatic heterocycles. The number of halogens is 2. The minimum absolute atomic E-state index is 0.0311. The Labute approximate surface area is 217 Å². The lowest BCUT2D eigenvalue weighted by atomic mass is 10.1. The fourth-order valence-electron chi connectivity index (χ4n) is 3.56. The van der Waals surface area contributed by atoms with E-state index < -0.39 is 11.1 Å². The van der Waals surface area contributed by atoms with Crippen molar-refractivity contribution < 1.29 is 23.5 Å². The van der Waals surface area contributed by atoms with Gasteiger partial charge in [-0.1, -0.05) is 41.6 Å². The van der Waals surface area contributed by atoms with Crippen molar-refractivity contribution >= 4 is 51.7 Å². The number of hydrogen-bond acceptors (Lipinski definition) is 6. The van der Waals surface area contributed by atoms with Gasteiger partial charge in [-0.25, -0.2) is 9.38 Å². The summed E-state index contributed by atoms with van der Waals surface area (Å²) in [5.41, 5.74) is 1.70. The third-order valence-corrected chi connectivity index (χ3v) is 6.92. The molecule has 0 radical (unpaired) electrons. The molecule has 1 N–H and O–H groups in total. The number of amides is 2. The highest BCUT2D eigenvalue weighted by Crippen LogP contribution is 2.33. The van der Waals surface area contributed by atoms with Crippen molar-refractivity contribution in [2.45, 2.75) is 18.2 Å². The van der Waals surface area contributed by atoms with Crippen molar-refractivity contribution in [2.75, 3.05) is 19.5 Å². The maximum atomic E-state index is 13.4. The summed E-state index contributed by atoms with van der Waals surface area (Å²) in [6, 6.07) is 17.8. The number of carbonyl (C=O) groups is 2. The van der Waals surface area contributed by atoms with Crippen LogP contribution in [0.1, 0.15) is 12.0 Å². The Morgan fingerprint density at radius 1 is 1.11 bits per heavy atom. The smallest absolute Gasteiger partial charge is 0.238 e. The van der Waals surface area contributed by atoms with Gasteiger partial charge < -0.3 is 14.8 Å². The van der Waals surface area contributed by atoms with Crippen molar-refractivity contribution in [1.29, 1.82) is 0 Å². The van der Waals surface area contributed by atoms with Gasteiger partial charge in [-0.05, 0) is 54.1 Å². The summed E-state index contributed by atoms with van der Waals surface area (Å²) in [7, 11) is 3.08. The number of nitrogens with zero attached hydrogens (tertiary/aromatic N) is 2. The number of amidine groups is 1. The first-order chi connectivity index (χ1) is 17.4. The number of aliphatic imine (C=N–C) groups is 1. The van der Waals surface area contributed by atoms with Gasteiger partial charge in [0, 0.05) is 6.42 Å². The number of nitrogens with one attached hydrogen (secondary N) is 1. The summed E-state index contributed by atoms with van der Waals surface area (Å²) >= 11 is 7.34. The number of hydrogen-bond donors (Lipinski definition) is 1. The fraction of sp³-hybridized carbons (Fsp3) is 0.192. The van der Waals surface area contributed by atoms with Crippen LogP contribution in [-0.4, -0.2) is 41.4 Å². The summed E-state index contributed by atoms with van der Waals surface area (Å²) in [4.78, 5) is 32.4. The van der Waals surface area contributed by atoms with Crippen LogP contribution in [0.3, 0.4) is 0 Å². The van der Waals surface area contributed by atoms with E-state index in [0.717, 1.165) is 17.3 Å². The number of benzene rings is 3. The molecule has 1 atom stereocenters. The molecule has 1 aliphatic rings. The predicted octanol–water partition coefficient (Wildman–Crippen LogP) is 5.66. The summed E-state index contributed by atoms with van der Waals surface area (Å²) in [5, 5.41) is 2.78. The molecule has 0 aromatic heterocycles. The van der Waals surface area contributed by atoms with Gasteiger partial charge in [0.15, 0.2) is 16.7 Å². The van der Waals surface area contributed by atoms with Gasteiger partial charge in [0.2, 0.25) is 11.8 Å². The number of carbonyl (C=O) groups excluding carboxylic acids is 2. The van der Waals surface area contributed by atoms with E-state index >= 15 is 0 Å². The minimum atomic E-state index is -0.727. The molecule has 1 fully saturated rings. The molecule has 0 spiro atoms. The normalized spacial score (nSPS) is 16.7. The Balaban J connectivity index is 1.62. The Morgan fingerprint density at radius 3 is 2.53 bits per heavy atom. The number of thioether (sulfide) groups is 1. The van der Waals surface area contributed by atoms with Crippen LogP contribution in [-0.2, 0) is 16.1 Å². The molecular weight excluding hydrogens is 505 g/mol. The van der Waals surface area contributed by atoms with Crippen LogP contribution in [0.4, 0.5) is 15.8 Å². The van der Waals surface area contributed by atoms with Crippen molar-refractivity contribution in [3.05, 3.63) is 83.1 Å². The lowest BCUT2D eigenvalue weighted by Gasteiger charge is -2.32. The predicted molar refractivity (Wildman–Crippen MR) is 140 cm³/mol. The second-order valence-electron chi connectivity index (χ2n) is 7.82. The lowest BCUT2D eigenvalue weighted by molar-refractivity contribution is -0.129. The summed E-state index contributed by atoms with van der Waals surface area (Å²) in [5.74, 6) is 0.0615. The van der Waals surface area contributed by atoms with Crippen LogP contribution in [0.2, 0.25) is 5.02 Å². The first-order valence-corrected chi connectivity index (χ1v) is 12.2. The van der Waals surface area contributed by atoms with Gasteiger partial charge in [-0.3, -0.25) is 14.5 Å². The van der Waals surface area contributed by atoms with Crippen LogP contribution in [0.15, 0.2) is 71.7 Å². The molecule has 186 valence electrons. The molecule has 0 aliphatic carbocycles. The van der Waals surface area contributed by atoms with Crippen LogP contribution >= 0.6 is 23.4 Å². The van der Waals surface area contributed by atoms with E-state index in [0.29, 0.717) is 33.1 Å². The highest BCUT2D eigenvalue weighted by molar-refractivity contribution is 8.15. The Kier molecular flexibility index (Phi) is 8.12. The summed E-state index contributed by atoms with van der Waals surface area (Å²) < 4.78 is 24.1. The number of anilines is 1. The zero-order chi connectivity index (χ0) is 25.7. The SMILES string of the molecule is COc1ccc(CN2C(=O)CC(C(=O)Nc3ccccc3Cl)SC2=Nc2ccc(F)cc2)cc1OC. The average Bonchev–Trinajstić information content (AvgIpc) is 2.88. The topological polar surface area (TPSA) is 80.2 Å². The molecular formula is C26H23ClFN3O4S. The van der Waals surface area contributed by atoms with Gasteiger partial charge in [-0.2, -0.15) is 0 Å². The maximum Gasteiger partial charge on any atom is 0.238 e. The Bertz CT molecular complexity index is 1300. The Hall–Kier alpha value is -3.56. The molecule has 36 heavy (non-hydrogen) atoms. The van der Waals surface area contributed by atoms with Gasteiger partial charge in [0.05, 0.1) is 37.2 Å². The first kappa shape index (κ1) is 25.5. The zero-order valence-corrected chi connectivity index (χ0v) is 21.1. The highest BCUT2D eigenvalue weighted by Gasteiger charge is 2.36. The van der Waals surface area contributed by atoms with Crippen molar-refractivity contribution in [2.24, 2.45) is 4.99 Å². The van der Waals surface area contributed by atoms with E-state index in [1.54, 1.807) is 43.5 Å². The molecule has 7 nitrogen and oxygen atoms in total. The largest absolute Gasteiger partial charge is 0.493 e. The van der Waals surface area contributed by atoms with E-state index in [2.05, 4.69) is 10.3 Å². The molecule has 3 aromatic rings. The molecule has 1 unspecified atom stereocenters. The molecule has 10 heteroatoms. The van der Waals surface area contributed by atoms with Gasteiger partial charge in [0.1, 0.15) is 11.1 Å². The molecule has 2 amide bonds. The Morgan fingerprint density at radius 2 is 1.83 bits per heavy atom. The van der Waals surface area contributed by atoms with Crippen molar-refractivity contribution in [3.8, 4) is 11.5 Å². The molecule has 0 bridgehead atoms. The number of ether oxygens (including phenoxy) is 2. The zero-order valence-electron chi connectivity index (χ0n) is 19.5. The molecule has 4 rings (SSSR count). The quantitative estimate of drug-likeness (QED) is 0.429. The molecule has 0 saturated carbocycles. The first-order valence-electron chi connectivity index (χ1n) is 11.0. The van der Waals surface area contributed by atoms with Crippen molar-refractivity contribution in [3.63, 3.8) is 0 Å². The van der Waals surface area contributed by atoms with Crippen LogP contribution in [0, 0.1) is 5.82 Å². The minimum Gasteiger partial charge on any atom is -0.493 e. The molecule has 1 saturated heterocycles. The molecule has 1 heterocycles. The van der Waals surface area contributed by atoms with E-state index in [1.165, 1.54) is 36.3 Å². The van der Waals surface area contributed by atoms with Gasteiger partial charge >= 0.3 is 0 Å². The average molecular weight is 528 g/mol. The maximum absolute atomic E-state index is 13.4. The molecule has 3 aromatic carbocycles. The van der Waals surface area contributed by atoms with E-state index in [9.17, 15) is 14.0 Å². The summed E-state index contributed by atoms with van der Waals surface area (Å²) in [6.45, 7) is 0.199.